The number of oxazole rings is 1. The first-order valence-electron chi connectivity index (χ1n) is 4.83. The molecule has 0 N–H and O–H groups in total. The molecule has 1 aliphatic rings. The van der Waals surface area contributed by atoms with Crippen molar-refractivity contribution < 1.29 is 4.42 Å². The molecule has 2 rings (SSSR count). The van der Waals surface area contributed by atoms with Gasteiger partial charge in [-0.05, 0) is 20.8 Å². The van der Waals surface area contributed by atoms with Crippen LogP contribution in [0.25, 0.3) is 0 Å². The van der Waals surface area contributed by atoms with Crippen molar-refractivity contribution >= 4 is 0 Å². The molecular formula is C10H16N2O. The largest absolute Gasteiger partial charge is 0.446 e. The molecule has 0 unspecified atom stereocenters. The number of aromatic nitrogens is 1. The minimum atomic E-state index is 0.524. The van der Waals surface area contributed by atoms with Crippen LogP contribution < -0.4 is 0 Å². The van der Waals surface area contributed by atoms with Crippen LogP contribution in [-0.2, 0) is 0 Å². The minimum Gasteiger partial charge on any atom is -0.446 e. The van der Waals surface area contributed by atoms with Crippen molar-refractivity contribution in [2.75, 3.05) is 13.1 Å². The highest BCUT2D eigenvalue weighted by Gasteiger charge is 2.32. The molecule has 1 aliphatic heterocycles. The molecule has 2 heterocycles. The van der Waals surface area contributed by atoms with Crippen molar-refractivity contribution in [1.82, 2.24) is 9.88 Å². The highest BCUT2D eigenvalue weighted by molar-refractivity contribution is 5.04. The topological polar surface area (TPSA) is 29.3 Å². The molecule has 0 radical (unpaired) electrons. The number of hydrogen-bond acceptors (Lipinski definition) is 3. The summed E-state index contributed by atoms with van der Waals surface area (Å²) in [6.45, 7) is 8.57. The fraction of sp³-hybridized carbons (Fsp3) is 0.700. The van der Waals surface area contributed by atoms with E-state index in [-0.39, 0.29) is 0 Å². The molecule has 1 fully saturated rings. The van der Waals surface area contributed by atoms with Crippen LogP contribution >= 0.6 is 0 Å². The van der Waals surface area contributed by atoms with Gasteiger partial charge in [-0.3, -0.25) is 4.90 Å². The van der Waals surface area contributed by atoms with Gasteiger partial charge in [0.15, 0.2) is 5.89 Å². The summed E-state index contributed by atoms with van der Waals surface area (Å²) >= 11 is 0. The lowest BCUT2D eigenvalue weighted by molar-refractivity contribution is 0.0951. The number of rotatable bonds is 2. The van der Waals surface area contributed by atoms with Gasteiger partial charge < -0.3 is 4.42 Å². The van der Waals surface area contributed by atoms with Crippen LogP contribution in [0.5, 0.6) is 0 Å². The Labute approximate surface area is 78.8 Å². The van der Waals surface area contributed by atoms with Crippen molar-refractivity contribution in [2.24, 2.45) is 0 Å². The summed E-state index contributed by atoms with van der Waals surface area (Å²) in [7, 11) is 0. The normalized spacial score (nSPS) is 19.4. The minimum absolute atomic E-state index is 0.524. The Balaban J connectivity index is 1.93. The van der Waals surface area contributed by atoms with E-state index in [4.69, 9.17) is 4.42 Å². The summed E-state index contributed by atoms with van der Waals surface area (Å²) in [6.07, 6.45) is 1.80. The van der Waals surface area contributed by atoms with Crippen LogP contribution in [0.3, 0.4) is 0 Å². The molecule has 0 bridgehead atoms. The third-order valence-corrected chi connectivity index (χ3v) is 2.63. The lowest BCUT2D eigenvalue weighted by Gasteiger charge is -2.40. The molecule has 0 atom stereocenters. The van der Waals surface area contributed by atoms with E-state index in [1.165, 1.54) is 0 Å². The molecule has 1 aromatic rings. The average molecular weight is 180 g/mol. The molecule has 3 nitrogen and oxygen atoms in total. The molecule has 1 saturated heterocycles. The van der Waals surface area contributed by atoms with Gasteiger partial charge in [-0.15, -0.1) is 0 Å². The second kappa shape index (κ2) is 3.14. The van der Waals surface area contributed by atoms with E-state index in [9.17, 15) is 0 Å². The summed E-state index contributed by atoms with van der Waals surface area (Å²) in [5.41, 5.74) is 0. The highest BCUT2D eigenvalue weighted by atomic mass is 16.4. The maximum Gasteiger partial charge on any atom is 0.200 e. The number of nitrogens with zero attached hydrogens (tertiary/aromatic N) is 2. The molecule has 0 saturated carbocycles. The van der Waals surface area contributed by atoms with E-state index in [1.54, 1.807) is 6.20 Å². The van der Waals surface area contributed by atoms with Crippen LogP contribution in [0, 0.1) is 6.92 Å². The SMILES string of the molecule is Cc1cnc(C2CN(C(C)C)C2)o1. The van der Waals surface area contributed by atoms with E-state index >= 15 is 0 Å². The lowest BCUT2D eigenvalue weighted by atomic mass is 9.98. The van der Waals surface area contributed by atoms with Gasteiger partial charge in [-0.1, -0.05) is 0 Å². The maximum atomic E-state index is 5.48. The van der Waals surface area contributed by atoms with Crippen LogP contribution in [0.2, 0.25) is 0 Å². The monoisotopic (exact) mass is 180 g/mol. The standard InChI is InChI=1S/C10H16N2O/c1-7(2)12-5-9(6-12)10-11-4-8(3)13-10/h4,7,9H,5-6H2,1-3H3. The van der Waals surface area contributed by atoms with Gasteiger partial charge in [-0.25, -0.2) is 4.98 Å². The third kappa shape index (κ3) is 1.61. The first kappa shape index (κ1) is 8.75. The van der Waals surface area contributed by atoms with Crippen molar-refractivity contribution in [2.45, 2.75) is 32.7 Å². The molecule has 13 heavy (non-hydrogen) atoms. The van der Waals surface area contributed by atoms with Crippen molar-refractivity contribution in [3.05, 3.63) is 17.8 Å². The number of likely N-dealkylation sites (tertiary alicyclic amines) is 1. The number of hydrogen-bond donors (Lipinski definition) is 0. The lowest BCUT2D eigenvalue weighted by Crippen LogP contribution is -2.48. The predicted octanol–water partition coefficient (Wildman–Crippen LogP) is 1.79. The molecule has 0 spiro atoms. The smallest absolute Gasteiger partial charge is 0.200 e. The fourth-order valence-electron chi connectivity index (χ4n) is 1.65. The summed E-state index contributed by atoms with van der Waals surface area (Å²) in [6, 6.07) is 0.646. The molecular weight excluding hydrogens is 164 g/mol. The predicted molar refractivity (Wildman–Crippen MR) is 50.7 cm³/mol. The van der Waals surface area contributed by atoms with Crippen LogP contribution in [-0.4, -0.2) is 29.0 Å². The molecule has 0 amide bonds. The Bertz CT molecular complexity index is 287. The second-order valence-electron chi connectivity index (χ2n) is 4.05. The van der Waals surface area contributed by atoms with E-state index < -0.39 is 0 Å². The van der Waals surface area contributed by atoms with Gasteiger partial charge in [0.05, 0.1) is 12.1 Å². The van der Waals surface area contributed by atoms with Crippen LogP contribution in [0.15, 0.2) is 10.6 Å². The summed E-state index contributed by atoms with van der Waals surface area (Å²) in [5, 5.41) is 0. The summed E-state index contributed by atoms with van der Waals surface area (Å²) < 4.78 is 5.48. The highest BCUT2D eigenvalue weighted by Crippen LogP contribution is 2.27. The summed E-state index contributed by atoms with van der Waals surface area (Å²) in [4.78, 5) is 6.66. The maximum absolute atomic E-state index is 5.48. The van der Waals surface area contributed by atoms with Gasteiger partial charge in [0.25, 0.3) is 0 Å². The molecule has 72 valence electrons. The van der Waals surface area contributed by atoms with Gasteiger partial charge in [-0.2, -0.15) is 0 Å². The second-order valence-corrected chi connectivity index (χ2v) is 4.05. The van der Waals surface area contributed by atoms with Crippen molar-refractivity contribution in [3.63, 3.8) is 0 Å². The average Bonchev–Trinajstić information content (AvgIpc) is 2.31. The van der Waals surface area contributed by atoms with Crippen LogP contribution in [0.1, 0.15) is 31.4 Å². The Hall–Kier alpha value is -0.830. The van der Waals surface area contributed by atoms with Gasteiger partial charge >= 0.3 is 0 Å². The van der Waals surface area contributed by atoms with Gasteiger partial charge in [0.1, 0.15) is 5.76 Å². The van der Waals surface area contributed by atoms with Crippen molar-refractivity contribution in [3.8, 4) is 0 Å². The Morgan fingerprint density at radius 3 is 2.69 bits per heavy atom. The van der Waals surface area contributed by atoms with E-state index in [2.05, 4.69) is 23.7 Å². The zero-order valence-electron chi connectivity index (χ0n) is 8.45. The molecule has 0 aliphatic carbocycles. The molecule has 3 heteroatoms. The Morgan fingerprint density at radius 1 is 1.54 bits per heavy atom. The third-order valence-electron chi connectivity index (χ3n) is 2.63. The quantitative estimate of drug-likeness (QED) is 0.695. The number of aryl methyl sites for hydroxylation is 1. The van der Waals surface area contributed by atoms with E-state index in [0.29, 0.717) is 12.0 Å². The summed E-state index contributed by atoms with van der Waals surface area (Å²) in [5.74, 6) is 2.35. The van der Waals surface area contributed by atoms with Gasteiger partial charge in [0.2, 0.25) is 0 Å². The van der Waals surface area contributed by atoms with E-state index in [1.807, 2.05) is 6.92 Å². The van der Waals surface area contributed by atoms with Gasteiger partial charge in [0, 0.05) is 19.1 Å². The molecule has 0 aromatic carbocycles. The van der Waals surface area contributed by atoms with Crippen molar-refractivity contribution in [1.29, 1.82) is 0 Å². The Kier molecular flexibility index (Phi) is 2.12. The van der Waals surface area contributed by atoms with E-state index in [0.717, 1.165) is 24.7 Å². The van der Waals surface area contributed by atoms with Crippen LogP contribution in [0.4, 0.5) is 0 Å². The first-order valence-corrected chi connectivity index (χ1v) is 4.83. The molecule has 1 aromatic heterocycles. The first-order chi connectivity index (χ1) is 6.16. The zero-order chi connectivity index (χ0) is 9.42. The zero-order valence-corrected chi connectivity index (χ0v) is 8.45. The fourth-order valence-corrected chi connectivity index (χ4v) is 1.65. The Morgan fingerprint density at radius 2 is 2.23 bits per heavy atom.